The summed E-state index contributed by atoms with van der Waals surface area (Å²) in [6, 6.07) is 6.28. The van der Waals surface area contributed by atoms with Gasteiger partial charge in [0.2, 0.25) is 0 Å². The molecule has 0 atom stereocenters. The monoisotopic (exact) mass is 476 g/mol. The largest absolute Gasteiger partial charge is 0.459 e. The molecule has 8 heteroatoms. The van der Waals surface area contributed by atoms with Crippen LogP contribution in [0.2, 0.25) is 0 Å². The average molecular weight is 477 g/mol. The number of rotatable bonds is 4. The number of hydrogen-bond acceptors (Lipinski definition) is 8. The fraction of sp³-hybridized carbons (Fsp3) is 0.692. The third kappa shape index (κ3) is 5.46. The first kappa shape index (κ1) is 26.6. The van der Waals surface area contributed by atoms with E-state index in [1.54, 1.807) is 24.3 Å². The Hall–Kier alpha value is -2.00. The summed E-state index contributed by atoms with van der Waals surface area (Å²) in [6.45, 7) is 15.3. The summed E-state index contributed by atoms with van der Waals surface area (Å²) < 4.78 is 11.5. The van der Waals surface area contributed by atoms with Crippen LogP contribution in [-0.2, 0) is 9.47 Å². The van der Waals surface area contributed by atoms with Crippen molar-refractivity contribution in [1.29, 1.82) is 0 Å². The van der Waals surface area contributed by atoms with Gasteiger partial charge in [-0.1, -0.05) is 0 Å². The average Bonchev–Trinajstić information content (AvgIpc) is 2.69. The first-order chi connectivity index (χ1) is 15.4. The van der Waals surface area contributed by atoms with Crippen LogP contribution in [0.3, 0.4) is 0 Å². The molecule has 190 valence electrons. The molecule has 0 spiro atoms. The third-order valence-electron chi connectivity index (χ3n) is 7.11. The molecular weight excluding hydrogens is 436 g/mol. The third-order valence-corrected chi connectivity index (χ3v) is 7.11. The molecule has 0 saturated carbocycles. The van der Waals surface area contributed by atoms with Crippen molar-refractivity contribution in [3.63, 3.8) is 0 Å². The van der Waals surface area contributed by atoms with Crippen LogP contribution in [0.25, 0.3) is 0 Å². The van der Waals surface area contributed by atoms with Crippen LogP contribution in [0.5, 0.6) is 0 Å². The van der Waals surface area contributed by atoms with Gasteiger partial charge < -0.3 is 19.9 Å². The Balaban J connectivity index is 1.62. The van der Waals surface area contributed by atoms with E-state index in [0.29, 0.717) is 36.8 Å². The van der Waals surface area contributed by atoms with Gasteiger partial charge in [-0.15, -0.1) is 0 Å². The van der Waals surface area contributed by atoms with Crippen LogP contribution in [0.4, 0.5) is 0 Å². The smallest absolute Gasteiger partial charge is 0.338 e. The molecule has 2 aliphatic rings. The van der Waals surface area contributed by atoms with Crippen LogP contribution in [-0.4, -0.2) is 66.8 Å². The molecule has 2 heterocycles. The van der Waals surface area contributed by atoms with Gasteiger partial charge in [-0.05, 0) is 79.7 Å². The van der Waals surface area contributed by atoms with E-state index in [4.69, 9.17) is 9.47 Å². The first-order valence-electron chi connectivity index (χ1n) is 12.0. The van der Waals surface area contributed by atoms with Gasteiger partial charge in [0.1, 0.15) is 12.2 Å². The second-order valence-electron chi connectivity index (χ2n) is 12.3. The SMILES string of the molecule is CC1(C)CC(OC(=O)c2ccc(C(=O)OC3CC(C)(C)N(O)C(C)(C)C3)cc2)CC(C)(C)N1O. The zero-order valence-electron chi connectivity index (χ0n) is 21.7. The van der Waals surface area contributed by atoms with Crippen molar-refractivity contribution in [2.75, 3.05) is 0 Å². The highest BCUT2D eigenvalue weighted by atomic mass is 16.6. The molecule has 8 nitrogen and oxygen atoms in total. The molecule has 0 bridgehead atoms. The molecule has 1 aromatic rings. The lowest BCUT2D eigenvalue weighted by Crippen LogP contribution is -2.60. The van der Waals surface area contributed by atoms with Gasteiger partial charge in [0, 0.05) is 47.8 Å². The molecule has 0 amide bonds. The summed E-state index contributed by atoms with van der Waals surface area (Å²) in [6.07, 6.45) is 1.42. The summed E-state index contributed by atoms with van der Waals surface area (Å²) >= 11 is 0. The second-order valence-corrected chi connectivity index (χ2v) is 12.3. The highest BCUT2D eigenvalue weighted by Gasteiger charge is 2.47. The highest BCUT2D eigenvalue weighted by molar-refractivity contribution is 5.93. The van der Waals surface area contributed by atoms with Gasteiger partial charge in [0.05, 0.1) is 11.1 Å². The van der Waals surface area contributed by atoms with Gasteiger partial charge >= 0.3 is 11.9 Å². The molecule has 0 unspecified atom stereocenters. The molecule has 0 aliphatic carbocycles. The molecule has 3 rings (SSSR count). The maximum atomic E-state index is 12.7. The van der Waals surface area contributed by atoms with E-state index in [-0.39, 0.29) is 12.2 Å². The number of esters is 2. The van der Waals surface area contributed by atoms with E-state index in [0.717, 1.165) is 0 Å². The van der Waals surface area contributed by atoms with Crippen LogP contribution < -0.4 is 0 Å². The van der Waals surface area contributed by atoms with Gasteiger partial charge in [-0.2, -0.15) is 10.1 Å². The predicted octanol–water partition coefficient (Wildman–Crippen LogP) is 4.82. The van der Waals surface area contributed by atoms with Crippen LogP contribution in [0.15, 0.2) is 24.3 Å². The Morgan fingerprint density at radius 1 is 0.647 bits per heavy atom. The minimum atomic E-state index is -0.518. The number of ether oxygens (including phenoxy) is 2. The Labute approximate surface area is 202 Å². The van der Waals surface area contributed by atoms with Gasteiger partial charge in [-0.25, -0.2) is 9.59 Å². The van der Waals surface area contributed by atoms with E-state index in [9.17, 15) is 20.0 Å². The van der Waals surface area contributed by atoms with Crippen molar-refractivity contribution in [2.45, 2.75) is 115 Å². The highest BCUT2D eigenvalue weighted by Crippen LogP contribution is 2.39. The maximum absolute atomic E-state index is 12.7. The minimum Gasteiger partial charge on any atom is -0.459 e. The van der Waals surface area contributed by atoms with Crippen molar-refractivity contribution in [3.8, 4) is 0 Å². The Morgan fingerprint density at radius 2 is 0.882 bits per heavy atom. The number of carbonyl (C=O) groups is 2. The Morgan fingerprint density at radius 3 is 1.12 bits per heavy atom. The van der Waals surface area contributed by atoms with Gasteiger partial charge in [0.25, 0.3) is 0 Å². The molecule has 1 aromatic carbocycles. The van der Waals surface area contributed by atoms with E-state index in [1.165, 1.54) is 10.1 Å². The summed E-state index contributed by atoms with van der Waals surface area (Å²) in [5, 5.41) is 23.6. The number of hydrogen-bond donors (Lipinski definition) is 2. The lowest BCUT2D eigenvalue weighted by Gasteiger charge is -2.50. The lowest BCUT2D eigenvalue weighted by atomic mass is 9.80. The Bertz CT molecular complexity index is 811. The normalized spacial score (nSPS) is 25.0. The minimum absolute atomic E-state index is 0.324. The summed E-state index contributed by atoms with van der Waals surface area (Å²) in [5.74, 6) is -0.913. The van der Waals surface area contributed by atoms with Crippen molar-refractivity contribution in [3.05, 3.63) is 35.4 Å². The zero-order valence-corrected chi connectivity index (χ0v) is 21.7. The summed E-state index contributed by atoms with van der Waals surface area (Å²) in [5.41, 5.74) is -1.36. The van der Waals surface area contributed by atoms with Crippen LogP contribution in [0.1, 0.15) is 102 Å². The van der Waals surface area contributed by atoms with E-state index in [2.05, 4.69) is 0 Å². The lowest BCUT2D eigenvalue weighted by molar-refractivity contribution is -0.256. The number of piperidine rings is 2. The van der Waals surface area contributed by atoms with Crippen LogP contribution in [0, 0.1) is 0 Å². The van der Waals surface area contributed by atoms with E-state index in [1.807, 2.05) is 55.4 Å². The number of carbonyl (C=O) groups excluding carboxylic acids is 2. The second kappa shape index (κ2) is 8.90. The number of benzene rings is 1. The fourth-order valence-electron chi connectivity index (χ4n) is 5.71. The van der Waals surface area contributed by atoms with Gasteiger partial charge in [-0.3, -0.25) is 0 Å². The van der Waals surface area contributed by atoms with Crippen molar-refractivity contribution >= 4 is 11.9 Å². The molecule has 0 radical (unpaired) electrons. The molecule has 2 saturated heterocycles. The van der Waals surface area contributed by atoms with Gasteiger partial charge in [0.15, 0.2) is 0 Å². The standard InChI is InChI=1S/C26H40N2O6/c1-23(2)13-19(14-24(3,4)27(23)31)33-21(29)17-9-11-18(12-10-17)22(30)34-20-15-25(5,6)28(32)26(7,8)16-20/h9-12,19-20,31-32H,13-16H2,1-8H3. The van der Waals surface area contributed by atoms with Crippen molar-refractivity contribution < 1.29 is 29.5 Å². The number of hydroxylamine groups is 4. The maximum Gasteiger partial charge on any atom is 0.338 e. The van der Waals surface area contributed by atoms with E-state index < -0.39 is 34.1 Å². The zero-order chi connectivity index (χ0) is 25.7. The quantitative estimate of drug-likeness (QED) is 0.597. The van der Waals surface area contributed by atoms with Crippen molar-refractivity contribution in [1.82, 2.24) is 10.1 Å². The topological polar surface area (TPSA) is 99.5 Å². The fourth-order valence-corrected chi connectivity index (χ4v) is 5.71. The Kier molecular flexibility index (Phi) is 6.96. The molecule has 0 aromatic heterocycles. The summed E-state index contributed by atoms with van der Waals surface area (Å²) in [7, 11) is 0. The first-order valence-corrected chi connectivity index (χ1v) is 12.0. The molecule has 2 fully saturated rings. The molecule has 2 N–H and O–H groups in total. The van der Waals surface area contributed by atoms with Crippen LogP contribution >= 0.6 is 0 Å². The molecule has 2 aliphatic heterocycles. The van der Waals surface area contributed by atoms with E-state index >= 15 is 0 Å². The number of nitrogens with zero attached hydrogens (tertiary/aromatic N) is 2. The molecular formula is C26H40N2O6. The molecule has 34 heavy (non-hydrogen) atoms. The van der Waals surface area contributed by atoms with Crippen molar-refractivity contribution in [2.24, 2.45) is 0 Å². The summed E-state index contributed by atoms with van der Waals surface area (Å²) in [4.78, 5) is 25.5. The predicted molar refractivity (Wildman–Crippen MR) is 127 cm³/mol.